The van der Waals surface area contributed by atoms with Crippen molar-refractivity contribution in [3.05, 3.63) is 83.9 Å². The van der Waals surface area contributed by atoms with Gasteiger partial charge in [-0.15, -0.1) is 0 Å². The highest BCUT2D eigenvalue weighted by Gasteiger charge is 2.32. The maximum Gasteiger partial charge on any atom is 0.416 e. The molecule has 0 radical (unpaired) electrons. The van der Waals surface area contributed by atoms with E-state index in [-0.39, 0.29) is 15.8 Å². The molecule has 0 aliphatic heterocycles. The fourth-order valence-corrected chi connectivity index (χ4v) is 5.66. The molecule has 0 unspecified atom stereocenters. The number of benzene rings is 4. The highest BCUT2D eigenvalue weighted by atomic mass is 32.2. The van der Waals surface area contributed by atoms with Gasteiger partial charge in [0.05, 0.1) is 21.5 Å². The Morgan fingerprint density at radius 3 is 2.25 bits per heavy atom. The number of anilines is 1. The van der Waals surface area contributed by atoms with E-state index in [4.69, 9.17) is 5.73 Å². The topological polar surface area (TPSA) is 65.1 Å². The first-order valence-electron chi connectivity index (χ1n) is 9.74. The van der Waals surface area contributed by atoms with Crippen LogP contribution in [0.5, 0.6) is 0 Å². The number of fused-ring (bicyclic) bond motifs is 5. The molecule has 0 bridgehead atoms. The van der Waals surface area contributed by atoms with Gasteiger partial charge in [-0.2, -0.15) is 13.2 Å². The van der Waals surface area contributed by atoms with Crippen LogP contribution in [0, 0.1) is 6.92 Å². The van der Waals surface area contributed by atoms with Gasteiger partial charge in [0, 0.05) is 21.8 Å². The van der Waals surface area contributed by atoms with Gasteiger partial charge < -0.3 is 5.73 Å². The molecule has 2 N–H and O–H groups in total. The zero-order valence-electron chi connectivity index (χ0n) is 16.8. The van der Waals surface area contributed by atoms with Crippen LogP contribution in [0.2, 0.25) is 0 Å². The molecule has 1 heterocycles. The largest absolute Gasteiger partial charge is 0.416 e. The number of aryl methyl sites for hydroxylation is 1. The number of alkyl halides is 3. The van der Waals surface area contributed by atoms with E-state index in [2.05, 4.69) is 0 Å². The number of nitrogens with zero attached hydrogens (tertiary/aromatic N) is 1. The quantitative estimate of drug-likeness (QED) is 0.328. The Bertz CT molecular complexity index is 1630. The van der Waals surface area contributed by atoms with Crippen LogP contribution in [-0.4, -0.2) is 12.4 Å². The van der Waals surface area contributed by atoms with E-state index in [9.17, 15) is 21.6 Å². The molecule has 162 valence electrons. The van der Waals surface area contributed by atoms with E-state index in [0.29, 0.717) is 27.4 Å². The molecule has 1 aromatic heterocycles. The van der Waals surface area contributed by atoms with Crippen LogP contribution in [-0.2, 0) is 16.2 Å². The molecule has 0 spiro atoms. The predicted octanol–water partition coefficient (Wildman–Crippen LogP) is 6.09. The fraction of sp³-hybridized carbons (Fsp3) is 0.0833. The molecule has 4 nitrogen and oxygen atoms in total. The lowest BCUT2D eigenvalue weighted by Crippen LogP contribution is -2.13. The van der Waals surface area contributed by atoms with E-state index in [0.717, 1.165) is 21.7 Å². The lowest BCUT2D eigenvalue weighted by atomic mass is 10.0. The monoisotopic (exact) mass is 454 g/mol. The smallest absolute Gasteiger partial charge is 0.398 e. The molecule has 8 heteroatoms. The molecule has 0 fully saturated rings. The van der Waals surface area contributed by atoms with Gasteiger partial charge in [-0.1, -0.05) is 42.0 Å². The van der Waals surface area contributed by atoms with Gasteiger partial charge in [0.1, 0.15) is 0 Å². The Morgan fingerprint density at radius 2 is 1.56 bits per heavy atom. The van der Waals surface area contributed by atoms with E-state index in [1.807, 2.05) is 6.92 Å². The summed E-state index contributed by atoms with van der Waals surface area (Å²) in [5, 5.41) is 1.54. The Balaban J connectivity index is 2.02. The molecular formula is C24H17F3N2O2S. The number of hydrogen-bond acceptors (Lipinski definition) is 3. The van der Waals surface area contributed by atoms with Crippen LogP contribution in [0.4, 0.5) is 18.9 Å². The van der Waals surface area contributed by atoms with E-state index in [1.54, 1.807) is 42.5 Å². The molecular weight excluding hydrogens is 437 g/mol. The third-order valence-corrected chi connectivity index (χ3v) is 7.35. The number of nitrogens with two attached hydrogens (primary N) is 1. The number of halogens is 3. The second kappa shape index (κ2) is 6.74. The molecule has 0 aliphatic rings. The van der Waals surface area contributed by atoms with E-state index in [1.165, 1.54) is 18.2 Å². The summed E-state index contributed by atoms with van der Waals surface area (Å²) in [5.41, 5.74) is 7.09. The zero-order valence-corrected chi connectivity index (χ0v) is 17.6. The number of para-hydroxylation sites is 1. The summed E-state index contributed by atoms with van der Waals surface area (Å²) in [6.45, 7) is 1.84. The van der Waals surface area contributed by atoms with Crippen molar-refractivity contribution < 1.29 is 21.6 Å². The summed E-state index contributed by atoms with van der Waals surface area (Å²) in [6.07, 6.45) is -4.57. The van der Waals surface area contributed by atoms with Crippen molar-refractivity contribution in [1.29, 1.82) is 0 Å². The standard InChI is InChI=1S/C24H17F3N2O2S/c1-14-6-10-17(11-7-14)32(30,31)29-21-5-3-2-4-18(21)22-20(28)12-15-8-9-16(24(25,26)27)13-19(15)23(22)29/h2-13H,28H2,1H3. The van der Waals surface area contributed by atoms with Crippen LogP contribution in [0.25, 0.3) is 32.6 Å². The average molecular weight is 454 g/mol. The Morgan fingerprint density at radius 1 is 0.875 bits per heavy atom. The maximum absolute atomic E-state index is 13.8. The van der Waals surface area contributed by atoms with Crippen molar-refractivity contribution in [2.75, 3.05) is 5.73 Å². The van der Waals surface area contributed by atoms with Gasteiger partial charge in [0.15, 0.2) is 0 Å². The normalized spacial score (nSPS) is 12.8. The van der Waals surface area contributed by atoms with Gasteiger partial charge >= 0.3 is 6.18 Å². The molecule has 0 atom stereocenters. The highest BCUT2D eigenvalue weighted by Crippen LogP contribution is 2.42. The average Bonchev–Trinajstić information content (AvgIpc) is 3.10. The molecule has 32 heavy (non-hydrogen) atoms. The van der Waals surface area contributed by atoms with Crippen molar-refractivity contribution in [2.24, 2.45) is 0 Å². The number of aromatic nitrogens is 1. The molecule has 0 amide bonds. The highest BCUT2D eigenvalue weighted by molar-refractivity contribution is 7.90. The summed E-state index contributed by atoms with van der Waals surface area (Å²) in [7, 11) is -4.14. The van der Waals surface area contributed by atoms with Crippen LogP contribution in [0.1, 0.15) is 11.1 Å². The van der Waals surface area contributed by atoms with Crippen molar-refractivity contribution in [1.82, 2.24) is 3.97 Å². The lowest BCUT2D eigenvalue weighted by molar-refractivity contribution is -0.137. The van der Waals surface area contributed by atoms with Crippen LogP contribution >= 0.6 is 0 Å². The van der Waals surface area contributed by atoms with Crippen molar-refractivity contribution >= 4 is 48.3 Å². The Labute approximate surface area is 181 Å². The minimum Gasteiger partial charge on any atom is -0.398 e. The number of rotatable bonds is 2. The third kappa shape index (κ3) is 2.94. The molecule has 0 saturated heterocycles. The second-order valence-electron chi connectivity index (χ2n) is 7.72. The number of hydrogen-bond donors (Lipinski definition) is 1. The van der Waals surface area contributed by atoms with Crippen LogP contribution < -0.4 is 5.73 Å². The lowest BCUT2D eigenvalue weighted by Gasteiger charge is -2.13. The Hall–Kier alpha value is -3.52. The van der Waals surface area contributed by atoms with Gasteiger partial charge in [-0.25, -0.2) is 12.4 Å². The van der Waals surface area contributed by atoms with Gasteiger partial charge in [0.25, 0.3) is 10.0 Å². The van der Waals surface area contributed by atoms with Crippen LogP contribution in [0.15, 0.2) is 77.7 Å². The first-order valence-corrected chi connectivity index (χ1v) is 11.2. The summed E-state index contributed by atoms with van der Waals surface area (Å²) in [4.78, 5) is 0.0355. The predicted molar refractivity (Wildman–Crippen MR) is 120 cm³/mol. The summed E-state index contributed by atoms with van der Waals surface area (Å²) < 4.78 is 69.1. The van der Waals surface area contributed by atoms with Gasteiger partial charge in [-0.3, -0.25) is 0 Å². The van der Waals surface area contributed by atoms with Crippen molar-refractivity contribution in [3.63, 3.8) is 0 Å². The summed E-state index contributed by atoms with van der Waals surface area (Å²) in [6, 6.07) is 17.9. The first-order chi connectivity index (χ1) is 15.1. The summed E-state index contributed by atoms with van der Waals surface area (Å²) >= 11 is 0. The summed E-state index contributed by atoms with van der Waals surface area (Å²) in [5.74, 6) is 0. The second-order valence-corrected chi connectivity index (χ2v) is 9.51. The van der Waals surface area contributed by atoms with Gasteiger partial charge in [-0.05, 0) is 48.7 Å². The van der Waals surface area contributed by atoms with Crippen molar-refractivity contribution in [3.8, 4) is 0 Å². The maximum atomic E-state index is 13.8. The molecule has 4 aromatic carbocycles. The van der Waals surface area contributed by atoms with Gasteiger partial charge in [0.2, 0.25) is 0 Å². The molecule has 0 saturated carbocycles. The van der Waals surface area contributed by atoms with Crippen molar-refractivity contribution in [2.45, 2.75) is 18.0 Å². The minimum atomic E-state index is -4.57. The van der Waals surface area contributed by atoms with E-state index >= 15 is 0 Å². The molecule has 0 aliphatic carbocycles. The zero-order chi connectivity index (χ0) is 22.8. The minimum absolute atomic E-state index is 0.0355. The van der Waals surface area contributed by atoms with E-state index < -0.39 is 21.8 Å². The first kappa shape index (κ1) is 20.4. The fourth-order valence-electron chi connectivity index (χ4n) is 4.12. The molecule has 5 aromatic rings. The number of nitrogen functional groups attached to an aromatic ring is 1. The third-order valence-electron chi connectivity index (χ3n) is 5.63. The SMILES string of the molecule is Cc1ccc(S(=O)(=O)n2c3ccccc3c3c(N)cc4ccc(C(F)(F)F)cc4c32)cc1. The molecule has 5 rings (SSSR count). The Kier molecular flexibility index (Phi) is 4.29. The van der Waals surface area contributed by atoms with Crippen LogP contribution in [0.3, 0.4) is 0 Å².